The Morgan fingerprint density at radius 3 is 2.82 bits per heavy atom. The highest BCUT2D eigenvalue weighted by molar-refractivity contribution is 14.1. The second-order valence-electron chi connectivity index (χ2n) is 3.84. The Hall–Kier alpha value is -0.820. The summed E-state index contributed by atoms with van der Waals surface area (Å²) < 4.78 is 5.92. The lowest BCUT2D eigenvalue weighted by atomic mass is 10.1. The fourth-order valence-electron chi connectivity index (χ4n) is 1.23. The van der Waals surface area contributed by atoms with Crippen molar-refractivity contribution in [3.8, 4) is 5.75 Å². The number of halogens is 1. The van der Waals surface area contributed by atoms with Gasteiger partial charge in [-0.25, -0.2) is 0 Å². The summed E-state index contributed by atoms with van der Waals surface area (Å²) in [5.41, 5.74) is 0.622. The highest BCUT2D eigenvalue weighted by Crippen LogP contribution is 2.19. The monoisotopic (exact) mass is 349 g/mol. The molecule has 0 heterocycles. The van der Waals surface area contributed by atoms with Crippen LogP contribution >= 0.6 is 22.6 Å². The van der Waals surface area contributed by atoms with E-state index >= 15 is 0 Å². The van der Waals surface area contributed by atoms with E-state index in [2.05, 4.69) is 27.9 Å². The minimum absolute atomic E-state index is 0.0647. The summed E-state index contributed by atoms with van der Waals surface area (Å²) in [6.45, 7) is 2.41. The van der Waals surface area contributed by atoms with Crippen LogP contribution in [0.5, 0.6) is 5.75 Å². The summed E-state index contributed by atoms with van der Waals surface area (Å²) in [6, 6.07) is 5.30. The topological polar surface area (TPSA) is 58.6 Å². The molecule has 4 nitrogen and oxygen atoms in total. The van der Waals surface area contributed by atoms with Gasteiger partial charge in [0.15, 0.2) is 0 Å². The maximum Gasteiger partial charge on any atom is 0.252 e. The normalized spacial score (nSPS) is 12.0. The molecule has 0 aromatic heterocycles. The lowest BCUT2D eigenvalue weighted by molar-refractivity contribution is 0.0941. The zero-order chi connectivity index (χ0) is 12.8. The second kappa shape index (κ2) is 6.80. The third-order valence-corrected chi connectivity index (χ3v) is 3.24. The van der Waals surface area contributed by atoms with Gasteiger partial charge in [-0.3, -0.25) is 4.79 Å². The Labute approximate surface area is 115 Å². The molecule has 1 atom stereocenters. The summed E-state index contributed by atoms with van der Waals surface area (Å²) in [5.74, 6) is 0.668. The van der Waals surface area contributed by atoms with E-state index < -0.39 is 0 Å². The SMILES string of the molecule is COc1ccc(C(=O)NCC(C)CO)c(I)c1. The summed E-state index contributed by atoms with van der Waals surface area (Å²) in [4.78, 5) is 11.8. The van der Waals surface area contributed by atoms with E-state index in [0.717, 1.165) is 9.32 Å². The van der Waals surface area contributed by atoms with Gasteiger partial charge in [0.1, 0.15) is 5.75 Å². The molecule has 1 amide bonds. The van der Waals surface area contributed by atoms with Crippen LogP contribution in [-0.4, -0.2) is 31.3 Å². The van der Waals surface area contributed by atoms with Gasteiger partial charge in [0.05, 0.1) is 12.7 Å². The number of aliphatic hydroxyl groups is 1. The highest BCUT2D eigenvalue weighted by Gasteiger charge is 2.11. The number of rotatable bonds is 5. The molecule has 94 valence electrons. The van der Waals surface area contributed by atoms with Crippen molar-refractivity contribution in [1.82, 2.24) is 5.32 Å². The van der Waals surface area contributed by atoms with E-state index in [1.807, 2.05) is 13.0 Å². The van der Waals surface area contributed by atoms with Crippen LogP contribution in [0.25, 0.3) is 0 Å². The van der Waals surface area contributed by atoms with E-state index in [-0.39, 0.29) is 18.4 Å². The first-order chi connectivity index (χ1) is 8.08. The standard InChI is InChI=1S/C12H16INO3/c1-8(7-15)6-14-12(16)10-4-3-9(17-2)5-11(10)13/h3-5,8,15H,6-7H2,1-2H3,(H,14,16). The van der Waals surface area contributed by atoms with Crippen LogP contribution in [0.3, 0.4) is 0 Å². The Morgan fingerprint density at radius 1 is 1.59 bits per heavy atom. The first kappa shape index (κ1) is 14.2. The number of carbonyl (C=O) groups is 1. The predicted molar refractivity (Wildman–Crippen MR) is 74.3 cm³/mol. The molecule has 1 rings (SSSR count). The molecule has 17 heavy (non-hydrogen) atoms. The molecule has 0 spiro atoms. The average molecular weight is 349 g/mol. The minimum atomic E-state index is -0.127. The number of hydrogen-bond acceptors (Lipinski definition) is 3. The van der Waals surface area contributed by atoms with Crippen molar-refractivity contribution in [3.63, 3.8) is 0 Å². The van der Waals surface area contributed by atoms with E-state index in [4.69, 9.17) is 9.84 Å². The molecule has 0 saturated carbocycles. The number of benzene rings is 1. The van der Waals surface area contributed by atoms with Crippen LogP contribution in [0.15, 0.2) is 18.2 Å². The van der Waals surface area contributed by atoms with Gasteiger partial charge in [0.2, 0.25) is 0 Å². The smallest absolute Gasteiger partial charge is 0.252 e. The van der Waals surface area contributed by atoms with E-state index in [1.54, 1.807) is 19.2 Å². The third-order valence-electron chi connectivity index (χ3n) is 2.34. The quantitative estimate of drug-likeness (QED) is 0.795. The Balaban J connectivity index is 2.69. The number of ether oxygens (including phenoxy) is 1. The van der Waals surface area contributed by atoms with Crippen LogP contribution in [0.2, 0.25) is 0 Å². The van der Waals surface area contributed by atoms with Crippen molar-refractivity contribution in [2.45, 2.75) is 6.92 Å². The van der Waals surface area contributed by atoms with E-state index in [1.165, 1.54) is 0 Å². The molecular formula is C12H16INO3. The van der Waals surface area contributed by atoms with Crippen molar-refractivity contribution >= 4 is 28.5 Å². The number of amides is 1. The van der Waals surface area contributed by atoms with Crippen LogP contribution in [-0.2, 0) is 0 Å². The second-order valence-corrected chi connectivity index (χ2v) is 5.01. The lowest BCUT2D eigenvalue weighted by Crippen LogP contribution is -2.30. The Morgan fingerprint density at radius 2 is 2.29 bits per heavy atom. The molecule has 2 N–H and O–H groups in total. The van der Waals surface area contributed by atoms with Gasteiger partial charge < -0.3 is 15.2 Å². The van der Waals surface area contributed by atoms with Crippen molar-refractivity contribution in [3.05, 3.63) is 27.3 Å². The molecule has 0 aliphatic carbocycles. The van der Waals surface area contributed by atoms with Crippen molar-refractivity contribution in [2.24, 2.45) is 5.92 Å². The molecule has 1 unspecified atom stereocenters. The van der Waals surface area contributed by atoms with Crippen LogP contribution in [0.4, 0.5) is 0 Å². The third kappa shape index (κ3) is 4.16. The van der Waals surface area contributed by atoms with Gasteiger partial charge in [0.25, 0.3) is 5.91 Å². The Bertz CT molecular complexity index is 395. The molecule has 1 aromatic rings. The predicted octanol–water partition coefficient (Wildman–Crippen LogP) is 1.66. The van der Waals surface area contributed by atoms with E-state index in [0.29, 0.717) is 12.1 Å². The van der Waals surface area contributed by atoms with E-state index in [9.17, 15) is 4.79 Å². The van der Waals surface area contributed by atoms with Gasteiger partial charge in [-0.1, -0.05) is 6.92 Å². The maximum absolute atomic E-state index is 11.8. The Kier molecular flexibility index (Phi) is 5.70. The van der Waals surface area contributed by atoms with Gasteiger partial charge in [0, 0.05) is 16.7 Å². The first-order valence-corrected chi connectivity index (χ1v) is 6.39. The minimum Gasteiger partial charge on any atom is -0.497 e. The van der Waals surface area contributed by atoms with Gasteiger partial charge in [-0.15, -0.1) is 0 Å². The first-order valence-electron chi connectivity index (χ1n) is 5.31. The summed E-state index contributed by atoms with van der Waals surface area (Å²) in [5, 5.41) is 11.7. The number of methoxy groups -OCH3 is 1. The zero-order valence-corrected chi connectivity index (χ0v) is 12.0. The summed E-state index contributed by atoms with van der Waals surface area (Å²) in [7, 11) is 1.59. The molecule has 0 aliphatic heterocycles. The molecule has 5 heteroatoms. The number of hydrogen-bond donors (Lipinski definition) is 2. The fourth-order valence-corrected chi connectivity index (χ4v) is 1.97. The molecular weight excluding hydrogens is 333 g/mol. The zero-order valence-electron chi connectivity index (χ0n) is 9.87. The number of nitrogens with one attached hydrogen (secondary N) is 1. The molecule has 0 radical (unpaired) electrons. The molecule has 1 aromatic carbocycles. The van der Waals surface area contributed by atoms with Crippen molar-refractivity contribution in [1.29, 1.82) is 0 Å². The fraction of sp³-hybridized carbons (Fsp3) is 0.417. The molecule has 0 fully saturated rings. The highest BCUT2D eigenvalue weighted by atomic mass is 127. The maximum atomic E-state index is 11.8. The largest absolute Gasteiger partial charge is 0.497 e. The molecule has 0 bridgehead atoms. The van der Waals surface area contributed by atoms with Crippen molar-refractivity contribution < 1.29 is 14.6 Å². The van der Waals surface area contributed by atoms with Crippen LogP contribution in [0, 0.1) is 9.49 Å². The number of carbonyl (C=O) groups excluding carboxylic acids is 1. The summed E-state index contributed by atoms with van der Waals surface area (Å²) >= 11 is 2.10. The molecule has 0 saturated heterocycles. The van der Waals surface area contributed by atoms with Gasteiger partial charge in [-0.2, -0.15) is 0 Å². The van der Waals surface area contributed by atoms with Gasteiger partial charge >= 0.3 is 0 Å². The average Bonchev–Trinajstić information content (AvgIpc) is 2.35. The molecule has 0 aliphatic rings. The summed E-state index contributed by atoms with van der Waals surface area (Å²) in [6.07, 6.45) is 0. The lowest BCUT2D eigenvalue weighted by Gasteiger charge is -2.11. The number of aliphatic hydroxyl groups excluding tert-OH is 1. The van der Waals surface area contributed by atoms with Crippen LogP contribution < -0.4 is 10.1 Å². The van der Waals surface area contributed by atoms with Gasteiger partial charge in [-0.05, 0) is 46.7 Å². The van der Waals surface area contributed by atoms with Crippen molar-refractivity contribution in [2.75, 3.05) is 20.3 Å². The van der Waals surface area contributed by atoms with Crippen LogP contribution in [0.1, 0.15) is 17.3 Å².